The first kappa shape index (κ1) is 14.1. The number of hydrogen-bond donors (Lipinski definition) is 2. The van der Waals surface area contributed by atoms with Gasteiger partial charge < -0.3 is 10.6 Å². The van der Waals surface area contributed by atoms with Gasteiger partial charge in [0.2, 0.25) is 0 Å². The maximum atomic E-state index is 12.0. The number of nitrogens with one attached hydrogen (secondary N) is 2. The standard InChI is InChI=1S/C14H12Cl2N4O/c15-10-4-3-9(7-11(10)16)18-14(21)12-5-6-13(20-19-12)17-8-1-2-8/h3-8H,1-2H2,(H,17,20)(H,18,21). The second kappa shape index (κ2) is 5.87. The van der Waals surface area contributed by atoms with Crippen molar-refractivity contribution in [2.45, 2.75) is 18.9 Å². The van der Waals surface area contributed by atoms with Crippen LogP contribution in [0.25, 0.3) is 0 Å². The fourth-order valence-electron chi connectivity index (χ4n) is 1.74. The van der Waals surface area contributed by atoms with Crippen molar-refractivity contribution >= 4 is 40.6 Å². The van der Waals surface area contributed by atoms with Gasteiger partial charge in [-0.2, -0.15) is 0 Å². The number of nitrogens with zero attached hydrogens (tertiary/aromatic N) is 2. The fourth-order valence-corrected chi connectivity index (χ4v) is 2.03. The highest BCUT2D eigenvalue weighted by atomic mass is 35.5. The summed E-state index contributed by atoms with van der Waals surface area (Å²) in [6.45, 7) is 0. The molecule has 0 atom stereocenters. The summed E-state index contributed by atoms with van der Waals surface area (Å²) in [6, 6.07) is 8.74. The molecule has 5 nitrogen and oxygen atoms in total. The van der Waals surface area contributed by atoms with Crippen LogP contribution in [-0.4, -0.2) is 22.1 Å². The lowest BCUT2D eigenvalue weighted by Crippen LogP contribution is -2.15. The highest BCUT2D eigenvalue weighted by Crippen LogP contribution is 2.25. The van der Waals surface area contributed by atoms with E-state index in [-0.39, 0.29) is 11.6 Å². The predicted molar refractivity (Wildman–Crippen MR) is 83.1 cm³/mol. The molecular weight excluding hydrogens is 311 g/mol. The topological polar surface area (TPSA) is 66.9 Å². The van der Waals surface area contributed by atoms with Crippen LogP contribution in [0.1, 0.15) is 23.3 Å². The zero-order chi connectivity index (χ0) is 14.8. The lowest BCUT2D eigenvalue weighted by molar-refractivity contribution is 0.102. The van der Waals surface area contributed by atoms with Crippen LogP contribution in [0.15, 0.2) is 30.3 Å². The molecule has 108 valence electrons. The van der Waals surface area contributed by atoms with Crippen LogP contribution in [0.4, 0.5) is 11.5 Å². The molecule has 0 saturated heterocycles. The minimum Gasteiger partial charge on any atom is -0.366 e. The second-order valence-corrected chi connectivity index (χ2v) is 5.62. The van der Waals surface area contributed by atoms with Gasteiger partial charge in [-0.25, -0.2) is 0 Å². The number of aromatic nitrogens is 2. The number of halogens is 2. The molecular formula is C14H12Cl2N4O. The van der Waals surface area contributed by atoms with E-state index in [0.29, 0.717) is 27.6 Å². The minimum absolute atomic E-state index is 0.238. The summed E-state index contributed by atoms with van der Waals surface area (Å²) in [7, 11) is 0. The molecule has 1 amide bonds. The zero-order valence-corrected chi connectivity index (χ0v) is 12.4. The summed E-state index contributed by atoms with van der Waals surface area (Å²) >= 11 is 11.7. The third-order valence-electron chi connectivity index (χ3n) is 3.00. The summed E-state index contributed by atoms with van der Waals surface area (Å²) in [5, 5.41) is 14.6. The van der Waals surface area contributed by atoms with Crippen LogP contribution in [-0.2, 0) is 0 Å². The van der Waals surface area contributed by atoms with Crippen molar-refractivity contribution < 1.29 is 4.79 Å². The summed E-state index contributed by atoms with van der Waals surface area (Å²) in [5.74, 6) is 0.336. The van der Waals surface area contributed by atoms with Crippen molar-refractivity contribution in [3.63, 3.8) is 0 Å². The van der Waals surface area contributed by atoms with E-state index in [1.54, 1.807) is 30.3 Å². The second-order valence-electron chi connectivity index (χ2n) is 4.81. The number of carbonyl (C=O) groups is 1. The molecule has 1 heterocycles. The Morgan fingerprint density at radius 3 is 2.52 bits per heavy atom. The van der Waals surface area contributed by atoms with Gasteiger partial charge in [0.1, 0.15) is 5.82 Å². The van der Waals surface area contributed by atoms with E-state index in [9.17, 15) is 4.79 Å². The van der Waals surface area contributed by atoms with Gasteiger partial charge in [-0.1, -0.05) is 23.2 Å². The van der Waals surface area contributed by atoms with Crippen LogP contribution in [0.3, 0.4) is 0 Å². The Bertz CT molecular complexity index is 671. The number of anilines is 2. The molecule has 1 fully saturated rings. The van der Waals surface area contributed by atoms with Crippen LogP contribution in [0, 0.1) is 0 Å². The van der Waals surface area contributed by atoms with E-state index in [4.69, 9.17) is 23.2 Å². The first-order chi connectivity index (χ1) is 10.1. The van der Waals surface area contributed by atoms with E-state index in [1.807, 2.05) is 0 Å². The first-order valence-corrected chi connectivity index (χ1v) is 7.24. The average molecular weight is 323 g/mol. The Morgan fingerprint density at radius 2 is 1.90 bits per heavy atom. The van der Waals surface area contributed by atoms with Crippen molar-refractivity contribution in [1.29, 1.82) is 0 Å². The van der Waals surface area contributed by atoms with Crippen LogP contribution < -0.4 is 10.6 Å². The largest absolute Gasteiger partial charge is 0.366 e. The molecule has 21 heavy (non-hydrogen) atoms. The molecule has 0 unspecified atom stereocenters. The van der Waals surface area contributed by atoms with E-state index in [0.717, 1.165) is 12.8 Å². The quantitative estimate of drug-likeness (QED) is 0.902. The van der Waals surface area contributed by atoms with Gasteiger partial charge >= 0.3 is 0 Å². The Hall–Kier alpha value is -1.85. The van der Waals surface area contributed by atoms with Gasteiger partial charge in [0.25, 0.3) is 5.91 Å². The Labute approximate surface area is 131 Å². The molecule has 3 rings (SSSR count). The number of hydrogen-bond acceptors (Lipinski definition) is 4. The van der Waals surface area contributed by atoms with Crippen molar-refractivity contribution in [2.24, 2.45) is 0 Å². The molecule has 2 aromatic rings. The molecule has 1 saturated carbocycles. The lowest BCUT2D eigenvalue weighted by atomic mass is 10.3. The molecule has 7 heteroatoms. The van der Waals surface area contributed by atoms with Crippen molar-refractivity contribution in [3.8, 4) is 0 Å². The van der Waals surface area contributed by atoms with Crippen molar-refractivity contribution in [2.75, 3.05) is 10.6 Å². The molecule has 1 aliphatic rings. The molecule has 1 aromatic heterocycles. The third-order valence-corrected chi connectivity index (χ3v) is 3.74. The van der Waals surface area contributed by atoms with Gasteiger partial charge in [0, 0.05) is 11.7 Å². The monoisotopic (exact) mass is 322 g/mol. The molecule has 2 N–H and O–H groups in total. The zero-order valence-electron chi connectivity index (χ0n) is 10.9. The first-order valence-electron chi connectivity index (χ1n) is 6.48. The van der Waals surface area contributed by atoms with E-state index >= 15 is 0 Å². The number of carbonyl (C=O) groups excluding carboxylic acids is 1. The minimum atomic E-state index is -0.348. The molecule has 0 bridgehead atoms. The number of rotatable bonds is 4. The molecule has 1 aromatic carbocycles. The summed E-state index contributed by atoms with van der Waals surface area (Å²) < 4.78 is 0. The number of benzene rings is 1. The van der Waals surface area contributed by atoms with E-state index in [2.05, 4.69) is 20.8 Å². The summed E-state index contributed by atoms with van der Waals surface area (Å²) in [5.41, 5.74) is 0.791. The van der Waals surface area contributed by atoms with Crippen molar-refractivity contribution in [3.05, 3.63) is 46.1 Å². The van der Waals surface area contributed by atoms with Gasteiger partial charge in [-0.15, -0.1) is 10.2 Å². The van der Waals surface area contributed by atoms with Gasteiger partial charge in [-0.3, -0.25) is 4.79 Å². The van der Waals surface area contributed by atoms with E-state index < -0.39 is 0 Å². The number of amides is 1. The van der Waals surface area contributed by atoms with Crippen LogP contribution in [0.2, 0.25) is 10.0 Å². The third kappa shape index (κ3) is 3.62. The Kier molecular flexibility index (Phi) is 3.94. The fraction of sp³-hybridized carbons (Fsp3) is 0.214. The SMILES string of the molecule is O=C(Nc1ccc(Cl)c(Cl)c1)c1ccc(NC2CC2)nn1. The van der Waals surface area contributed by atoms with Gasteiger partial charge in [0.15, 0.2) is 5.69 Å². The van der Waals surface area contributed by atoms with Gasteiger partial charge in [0.05, 0.1) is 10.0 Å². The Morgan fingerprint density at radius 1 is 1.10 bits per heavy atom. The van der Waals surface area contributed by atoms with Gasteiger partial charge in [-0.05, 0) is 43.2 Å². The normalized spacial score (nSPS) is 13.8. The van der Waals surface area contributed by atoms with Crippen LogP contribution in [0.5, 0.6) is 0 Å². The highest BCUT2D eigenvalue weighted by molar-refractivity contribution is 6.42. The molecule has 0 radical (unpaired) electrons. The Balaban J connectivity index is 1.67. The smallest absolute Gasteiger partial charge is 0.276 e. The molecule has 0 spiro atoms. The van der Waals surface area contributed by atoms with Crippen molar-refractivity contribution in [1.82, 2.24) is 10.2 Å². The highest BCUT2D eigenvalue weighted by Gasteiger charge is 2.21. The predicted octanol–water partition coefficient (Wildman–Crippen LogP) is 3.61. The molecule has 0 aliphatic heterocycles. The van der Waals surface area contributed by atoms with E-state index in [1.165, 1.54) is 0 Å². The maximum absolute atomic E-state index is 12.0. The average Bonchev–Trinajstić information content (AvgIpc) is 3.28. The maximum Gasteiger partial charge on any atom is 0.276 e. The van der Waals surface area contributed by atoms with Crippen LogP contribution >= 0.6 is 23.2 Å². The molecule has 1 aliphatic carbocycles. The lowest BCUT2D eigenvalue weighted by Gasteiger charge is -2.06. The summed E-state index contributed by atoms with van der Waals surface area (Å²) in [6.07, 6.45) is 2.31. The summed E-state index contributed by atoms with van der Waals surface area (Å²) in [4.78, 5) is 12.0.